The molecule has 4 nitrogen and oxygen atoms in total. The van der Waals surface area contributed by atoms with Crippen molar-refractivity contribution in [1.29, 1.82) is 10.5 Å². The fourth-order valence-corrected chi connectivity index (χ4v) is 1.65. The van der Waals surface area contributed by atoms with Crippen LogP contribution in [-0.4, -0.2) is 14.1 Å². The van der Waals surface area contributed by atoms with Gasteiger partial charge < -0.3 is 9.32 Å². The Bertz CT molecular complexity index is 458. The fraction of sp³-hybridized carbons (Fsp3) is 0.200. The molecule has 0 radical (unpaired) electrons. The van der Waals surface area contributed by atoms with Gasteiger partial charge in [0.05, 0.1) is 4.47 Å². The van der Waals surface area contributed by atoms with Crippen LogP contribution in [0.5, 0.6) is 0 Å². The summed E-state index contributed by atoms with van der Waals surface area (Å²) in [5.74, 6) is 1.13. The number of hydrogen-bond acceptors (Lipinski definition) is 4. The second kappa shape index (κ2) is 4.68. The van der Waals surface area contributed by atoms with Gasteiger partial charge in [0.15, 0.2) is 0 Å². The van der Waals surface area contributed by atoms with Crippen LogP contribution in [-0.2, 0) is 0 Å². The number of nitrogens with zero attached hydrogens (tertiary/aromatic N) is 3. The number of hydrogen-bond donors (Lipinski definition) is 0. The van der Waals surface area contributed by atoms with Crippen molar-refractivity contribution in [1.82, 2.24) is 0 Å². The van der Waals surface area contributed by atoms with Crippen LogP contribution >= 0.6 is 15.9 Å². The molecule has 1 heterocycles. The van der Waals surface area contributed by atoms with E-state index < -0.39 is 0 Å². The zero-order chi connectivity index (χ0) is 11.4. The van der Waals surface area contributed by atoms with E-state index in [1.165, 1.54) is 6.08 Å². The highest BCUT2D eigenvalue weighted by molar-refractivity contribution is 9.10. The maximum Gasteiger partial charge on any atom is 0.209 e. The van der Waals surface area contributed by atoms with Crippen LogP contribution in [0.3, 0.4) is 0 Å². The minimum Gasteiger partial charge on any atom is -0.440 e. The SMILES string of the molecule is CN(C)c1oc(C=C(C#N)C#N)cc1Br. The summed E-state index contributed by atoms with van der Waals surface area (Å²) in [4.78, 5) is 1.79. The van der Waals surface area contributed by atoms with Crippen LogP contribution in [0.2, 0.25) is 0 Å². The largest absolute Gasteiger partial charge is 0.440 e. The van der Waals surface area contributed by atoms with E-state index in [0.717, 1.165) is 4.47 Å². The van der Waals surface area contributed by atoms with E-state index in [-0.39, 0.29) is 5.57 Å². The lowest BCUT2D eigenvalue weighted by molar-refractivity contribution is 0.554. The van der Waals surface area contributed by atoms with Crippen LogP contribution in [0.4, 0.5) is 5.88 Å². The summed E-state index contributed by atoms with van der Waals surface area (Å²) in [5.41, 5.74) is 0.0153. The third-order valence-electron chi connectivity index (χ3n) is 1.62. The number of anilines is 1. The standard InChI is InChI=1S/C10H8BrN3O/c1-14(2)10-9(11)4-8(15-10)3-7(5-12)6-13/h3-4H,1-2H3. The smallest absolute Gasteiger partial charge is 0.209 e. The lowest BCUT2D eigenvalue weighted by atomic mass is 10.3. The zero-order valence-corrected chi connectivity index (χ0v) is 9.87. The zero-order valence-electron chi connectivity index (χ0n) is 8.28. The molecule has 0 unspecified atom stereocenters. The molecule has 1 rings (SSSR count). The Hall–Kier alpha value is -1.72. The van der Waals surface area contributed by atoms with Crippen LogP contribution in [0, 0.1) is 22.7 Å². The van der Waals surface area contributed by atoms with E-state index in [4.69, 9.17) is 14.9 Å². The molecule has 0 N–H and O–H groups in total. The van der Waals surface area contributed by atoms with Crippen LogP contribution in [0.25, 0.3) is 6.08 Å². The molecule has 0 spiro atoms. The van der Waals surface area contributed by atoms with E-state index >= 15 is 0 Å². The second-order valence-electron chi connectivity index (χ2n) is 2.98. The predicted molar refractivity (Wildman–Crippen MR) is 59.9 cm³/mol. The topological polar surface area (TPSA) is 64.0 Å². The molecule has 0 aliphatic heterocycles. The number of allylic oxidation sites excluding steroid dienone is 1. The molecule has 0 amide bonds. The van der Waals surface area contributed by atoms with Gasteiger partial charge in [-0.15, -0.1) is 0 Å². The molecule has 76 valence electrons. The van der Waals surface area contributed by atoms with Gasteiger partial charge in [0, 0.05) is 26.2 Å². The van der Waals surface area contributed by atoms with Gasteiger partial charge >= 0.3 is 0 Å². The maximum absolute atomic E-state index is 8.57. The first-order valence-electron chi connectivity index (χ1n) is 4.07. The third kappa shape index (κ3) is 2.61. The van der Waals surface area contributed by atoms with E-state index in [2.05, 4.69) is 15.9 Å². The Labute approximate surface area is 96.1 Å². The summed E-state index contributed by atoms with van der Waals surface area (Å²) in [5, 5.41) is 17.1. The molecule has 15 heavy (non-hydrogen) atoms. The van der Waals surface area contributed by atoms with Gasteiger partial charge in [0.1, 0.15) is 23.5 Å². The average molecular weight is 266 g/mol. The van der Waals surface area contributed by atoms with Gasteiger partial charge in [-0.3, -0.25) is 0 Å². The minimum atomic E-state index is 0.0153. The molecule has 0 aliphatic carbocycles. The first-order chi connectivity index (χ1) is 7.08. The molecular weight excluding hydrogens is 258 g/mol. The number of furan rings is 1. The van der Waals surface area contributed by atoms with E-state index in [0.29, 0.717) is 11.6 Å². The van der Waals surface area contributed by atoms with Crippen molar-refractivity contribution in [3.63, 3.8) is 0 Å². The van der Waals surface area contributed by atoms with Crippen molar-refractivity contribution in [2.45, 2.75) is 0 Å². The van der Waals surface area contributed by atoms with Crippen LogP contribution in [0.1, 0.15) is 5.76 Å². The van der Waals surface area contributed by atoms with Gasteiger partial charge in [0.25, 0.3) is 0 Å². The summed E-state index contributed by atoms with van der Waals surface area (Å²) in [7, 11) is 3.68. The first kappa shape index (κ1) is 11.4. The van der Waals surface area contributed by atoms with E-state index in [1.54, 1.807) is 23.1 Å². The van der Waals surface area contributed by atoms with Gasteiger partial charge in [-0.25, -0.2) is 0 Å². The first-order valence-corrected chi connectivity index (χ1v) is 4.86. The summed E-state index contributed by atoms with van der Waals surface area (Å²) in [6.07, 6.45) is 1.40. The van der Waals surface area contributed by atoms with Crippen molar-refractivity contribution in [2.75, 3.05) is 19.0 Å². The van der Waals surface area contributed by atoms with Crippen molar-refractivity contribution in [3.05, 3.63) is 21.9 Å². The quantitative estimate of drug-likeness (QED) is 0.771. The Morgan fingerprint density at radius 3 is 2.47 bits per heavy atom. The molecule has 0 bridgehead atoms. The molecule has 0 saturated carbocycles. The lowest BCUT2D eigenvalue weighted by Crippen LogP contribution is -2.07. The Kier molecular flexibility index (Phi) is 3.54. The third-order valence-corrected chi connectivity index (χ3v) is 2.19. The summed E-state index contributed by atoms with van der Waals surface area (Å²) in [6, 6.07) is 5.25. The molecule has 0 atom stereocenters. The molecule has 0 fully saturated rings. The van der Waals surface area contributed by atoms with Crippen molar-refractivity contribution >= 4 is 27.9 Å². The van der Waals surface area contributed by atoms with Crippen LogP contribution < -0.4 is 4.90 Å². The highest BCUT2D eigenvalue weighted by Crippen LogP contribution is 2.29. The normalized spacial score (nSPS) is 8.87. The lowest BCUT2D eigenvalue weighted by Gasteiger charge is -2.07. The van der Waals surface area contributed by atoms with Crippen LogP contribution in [0.15, 0.2) is 20.5 Å². The Morgan fingerprint density at radius 1 is 1.47 bits per heavy atom. The van der Waals surface area contributed by atoms with Gasteiger partial charge in [-0.05, 0) is 15.9 Å². The van der Waals surface area contributed by atoms with Crippen molar-refractivity contribution in [2.24, 2.45) is 0 Å². The molecule has 1 aromatic heterocycles. The van der Waals surface area contributed by atoms with E-state index in [1.807, 2.05) is 14.1 Å². The molecule has 1 aromatic rings. The Morgan fingerprint density at radius 2 is 2.07 bits per heavy atom. The van der Waals surface area contributed by atoms with E-state index in [9.17, 15) is 0 Å². The summed E-state index contributed by atoms with van der Waals surface area (Å²) < 4.78 is 6.20. The number of rotatable bonds is 2. The molecular formula is C10H8BrN3O. The van der Waals surface area contributed by atoms with Crippen molar-refractivity contribution < 1.29 is 4.42 Å². The maximum atomic E-state index is 8.57. The molecule has 0 aromatic carbocycles. The fourth-order valence-electron chi connectivity index (χ4n) is 0.984. The Balaban J connectivity index is 3.11. The molecule has 5 heteroatoms. The molecule has 0 aliphatic rings. The number of halogens is 1. The summed E-state index contributed by atoms with van der Waals surface area (Å²) in [6.45, 7) is 0. The highest BCUT2D eigenvalue weighted by Gasteiger charge is 2.09. The second-order valence-corrected chi connectivity index (χ2v) is 3.83. The molecule has 0 saturated heterocycles. The number of nitriles is 2. The van der Waals surface area contributed by atoms with Gasteiger partial charge in [-0.1, -0.05) is 0 Å². The van der Waals surface area contributed by atoms with Gasteiger partial charge in [0.2, 0.25) is 5.88 Å². The van der Waals surface area contributed by atoms with Gasteiger partial charge in [-0.2, -0.15) is 10.5 Å². The summed E-state index contributed by atoms with van der Waals surface area (Å²) >= 11 is 3.32. The average Bonchev–Trinajstić information content (AvgIpc) is 2.56. The van der Waals surface area contributed by atoms with Crippen molar-refractivity contribution in [3.8, 4) is 12.1 Å². The minimum absolute atomic E-state index is 0.0153. The monoisotopic (exact) mass is 265 g/mol. The highest BCUT2D eigenvalue weighted by atomic mass is 79.9. The predicted octanol–water partition coefficient (Wildman–Crippen LogP) is 2.54.